The van der Waals surface area contributed by atoms with Gasteiger partial charge in [-0.1, -0.05) is 12.1 Å². The predicted molar refractivity (Wildman–Crippen MR) is 115 cm³/mol. The van der Waals surface area contributed by atoms with Crippen molar-refractivity contribution in [2.75, 3.05) is 6.54 Å². The van der Waals surface area contributed by atoms with Gasteiger partial charge in [0, 0.05) is 37.2 Å². The molecule has 36 heavy (non-hydrogen) atoms. The van der Waals surface area contributed by atoms with Gasteiger partial charge in [-0.3, -0.25) is 4.79 Å². The normalized spacial score (nSPS) is 14.3. The summed E-state index contributed by atoms with van der Waals surface area (Å²) in [6.45, 7) is -0.375. The Morgan fingerprint density at radius 2 is 1.75 bits per heavy atom. The molecule has 12 heteroatoms. The van der Waals surface area contributed by atoms with Crippen LogP contribution in [0.2, 0.25) is 0 Å². The molecule has 1 atom stereocenters. The van der Waals surface area contributed by atoms with Crippen LogP contribution in [0.4, 0.5) is 26.3 Å². The maximum absolute atomic E-state index is 13.9. The van der Waals surface area contributed by atoms with Gasteiger partial charge in [0.15, 0.2) is 11.6 Å². The van der Waals surface area contributed by atoms with E-state index in [9.17, 15) is 31.1 Å². The highest BCUT2D eigenvalue weighted by atomic mass is 19.4. The third-order valence-electron chi connectivity index (χ3n) is 5.91. The van der Waals surface area contributed by atoms with Gasteiger partial charge in [0.25, 0.3) is 0 Å². The van der Waals surface area contributed by atoms with E-state index in [0.717, 1.165) is 4.57 Å². The summed E-state index contributed by atoms with van der Waals surface area (Å²) < 4.78 is 82.5. The topological polar surface area (TPSA) is 87.9 Å². The Morgan fingerprint density at radius 1 is 1.08 bits per heavy atom. The van der Waals surface area contributed by atoms with Crippen molar-refractivity contribution in [2.24, 2.45) is 5.73 Å². The van der Waals surface area contributed by atoms with Gasteiger partial charge in [-0.15, -0.1) is 0 Å². The standard InChI is InChI=1S/C24H19F6N5O/c25-17-10-19(27)18(26)8-15(17)7-16(32)9-21(36)34-5-6-35-20(12-34)22(33-23(35)24(28,29)30)14-3-1-13(11-31)2-4-14/h1-4,8,10,16H,5-7,9,12,32H2. The number of hydrogen-bond acceptors (Lipinski definition) is 4. The fraction of sp³-hybridized carbons (Fsp3) is 0.292. The highest BCUT2D eigenvalue weighted by molar-refractivity contribution is 5.77. The number of hydrogen-bond donors (Lipinski definition) is 1. The number of rotatable bonds is 5. The van der Waals surface area contributed by atoms with Crippen molar-refractivity contribution in [1.82, 2.24) is 14.5 Å². The number of amides is 1. The van der Waals surface area contributed by atoms with Crippen LogP contribution in [-0.2, 0) is 30.5 Å². The molecule has 1 aromatic heterocycles. The zero-order valence-electron chi connectivity index (χ0n) is 18.6. The van der Waals surface area contributed by atoms with E-state index in [1.165, 1.54) is 29.2 Å². The molecule has 188 valence electrons. The van der Waals surface area contributed by atoms with Crippen LogP contribution in [0.15, 0.2) is 36.4 Å². The molecule has 1 amide bonds. The monoisotopic (exact) mass is 507 g/mol. The number of benzene rings is 2. The van der Waals surface area contributed by atoms with Crippen molar-refractivity contribution >= 4 is 5.91 Å². The largest absolute Gasteiger partial charge is 0.449 e. The van der Waals surface area contributed by atoms with Crippen molar-refractivity contribution in [2.45, 2.75) is 38.1 Å². The second kappa shape index (κ2) is 9.66. The first-order chi connectivity index (χ1) is 17.0. The maximum Gasteiger partial charge on any atom is 0.449 e. The molecule has 0 spiro atoms. The van der Waals surface area contributed by atoms with Crippen LogP contribution < -0.4 is 5.73 Å². The third-order valence-corrected chi connectivity index (χ3v) is 5.91. The summed E-state index contributed by atoms with van der Waals surface area (Å²) in [5.74, 6) is -5.16. The summed E-state index contributed by atoms with van der Waals surface area (Å²) in [7, 11) is 0. The second-order valence-corrected chi connectivity index (χ2v) is 8.41. The van der Waals surface area contributed by atoms with Crippen LogP contribution in [0, 0.1) is 28.8 Å². The fourth-order valence-corrected chi connectivity index (χ4v) is 4.16. The van der Waals surface area contributed by atoms with Gasteiger partial charge >= 0.3 is 6.18 Å². The molecule has 1 aliphatic heterocycles. The van der Waals surface area contributed by atoms with Gasteiger partial charge in [-0.05, 0) is 30.2 Å². The van der Waals surface area contributed by atoms with E-state index in [2.05, 4.69) is 4.98 Å². The number of alkyl halides is 3. The first-order valence-corrected chi connectivity index (χ1v) is 10.8. The fourth-order valence-electron chi connectivity index (χ4n) is 4.16. The van der Waals surface area contributed by atoms with E-state index in [1.807, 2.05) is 6.07 Å². The lowest BCUT2D eigenvalue weighted by Crippen LogP contribution is -2.42. The molecular weight excluding hydrogens is 488 g/mol. The first-order valence-electron chi connectivity index (χ1n) is 10.8. The minimum absolute atomic E-state index is 0.0374. The van der Waals surface area contributed by atoms with Crippen LogP contribution >= 0.6 is 0 Å². The quantitative estimate of drug-likeness (QED) is 0.415. The van der Waals surface area contributed by atoms with Crippen LogP contribution in [-0.4, -0.2) is 32.9 Å². The summed E-state index contributed by atoms with van der Waals surface area (Å²) >= 11 is 0. The van der Waals surface area contributed by atoms with E-state index in [4.69, 9.17) is 11.0 Å². The van der Waals surface area contributed by atoms with Crippen molar-refractivity contribution in [1.29, 1.82) is 5.26 Å². The van der Waals surface area contributed by atoms with Crippen LogP contribution in [0.3, 0.4) is 0 Å². The minimum Gasteiger partial charge on any atom is -0.335 e. The number of imidazole rings is 1. The molecule has 1 unspecified atom stereocenters. The molecule has 0 aliphatic carbocycles. The highest BCUT2D eigenvalue weighted by Crippen LogP contribution is 2.36. The summed E-state index contributed by atoms with van der Waals surface area (Å²) in [5.41, 5.74) is 6.65. The molecule has 0 radical (unpaired) electrons. The summed E-state index contributed by atoms with van der Waals surface area (Å²) in [6, 6.07) is 7.94. The summed E-state index contributed by atoms with van der Waals surface area (Å²) in [4.78, 5) is 18.0. The SMILES string of the molecule is N#Cc1ccc(-c2nc(C(F)(F)F)n3c2CN(C(=O)CC(N)Cc2cc(F)c(F)cc2F)CC3)cc1. The maximum atomic E-state index is 13.9. The van der Waals surface area contributed by atoms with Crippen molar-refractivity contribution in [3.63, 3.8) is 0 Å². The highest BCUT2D eigenvalue weighted by Gasteiger charge is 2.40. The lowest BCUT2D eigenvalue weighted by Gasteiger charge is -2.30. The lowest BCUT2D eigenvalue weighted by atomic mass is 10.0. The zero-order chi connectivity index (χ0) is 26.2. The van der Waals surface area contributed by atoms with Gasteiger partial charge in [0.1, 0.15) is 5.82 Å². The third kappa shape index (κ3) is 5.06. The Balaban J connectivity index is 1.55. The van der Waals surface area contributed by atoms with E-state index in [-0.39, 0.29) is 49.4 Å². The van der Waals surface area contributed by atoms with E-state index in [1.54, 1.807) is 0 Å². The molecule has 0 saturated heterocycles. The van der Waals surface area contributed by atoms with Gasteiger partial charge < -0.3 is 15.2 Å². The van der Waals surface area contributed by atoms with E-state index in [0.29, 0.717) is 23.3 Å². The Labute approximate surface area is 201 Å². The molecular formula is C24H19F6N5O. The molecule has 1 aliphatic rings. The molecule has 4 rings (SSSR count). The predicted octanol–water partition coefficient (Wildman–Crippen LogP) is 4.16. The Kier molecular flexibility index (Phi) is 6.77. The molecule has 0 bridgehead atoms. The van der Waals surface area contributed by atoms with Crippen molar-refractivity contribution in [3.8, 4) is 17.3 Å². The number of fused-ring (bicyclic) bond motifs is 1. The molecule has 0 fully saturated rings. The minimum atomic E-state index is -4.72. The Hall–Kier alpha value is -3.85. The molecule has 2 N–H and O–H groups in total. The second-order valence-electron chi connectivity index (χ2n) is 8.41. The summed E-state index contributed by atoms with van der Waals surface area (Å²) in [5, 5.41) is 8.97. The number of nitrogens with two attached hydrogens (primary N) is 1. The average molecular weight is 507 g/mol. The smallest absolute Gasteiger partial charge is 0.335 e. The van der Waals surface area contributed by atoms with Gasteiger partial charge in [0.05, 0.1) is 29.6 Å². The van der Waals surface area contributed by atoms with Crippen LogP contribution in [0.1, 0.15) is 29.1 Å². The van der Waals surface area contributed by atoms with Crippen LogP contribution in [0.5, 0.6) is 0 Å². The molecule has 2 heterocycles. The summed E-state index contributed by atoms with van der Waals surface area (Å²) in [6.07, 6.45) is -5.25. The van der Waals surface area contributed by atoms with E-state index < -0.39 is 41.4 Å². The lowest BCUT2D eigenvalue weighted by molar-refractivity contribution is -0.148. The molecule has 3 aromatic rings. The zero-order valence-corrected chi connectivity index (χ0v) is 18.6. The number of nitrogens with zero attached hydrogens (tertiary/aromatic N) is 4. The molecule has 6 nitrogen and oxygen atoms in total. The Morgan fingerprint density at radius 3 is 2.39 bits per heavy atom. The van der Waals surface area contributed by atoms with Crippen LogP contribution in [0.25, 0.3) is 11.3 Å². The first kappa shape index (κ1) is 25.2. The number of carbonyl (C=O) groups is 1. The Bertz CT molecular complexity index is 1340. The van der Waals surface area contributed by atoms with Crippen molar-refractivity contribution < 1.29 is 31.1 Å². The van der Waals surface area contributed by atoms with Crippen molar-refractivity contribution in [3.05, 3.63) is 76.5 Å². The van der Waals surface area contributed by atoms with Gasteiger partial charge in [0.2, 0.25) is 11.7 Å². The molecule has 0 saturated carbocycles. The van der Waals surface area contributed by atoms with E-state index >= 15 is 0 Å². The van der Waals surface area contributed by atoms with Gasteiger partial charge in [-0.25, -0.2) is 18.2 Å². The number of aromatic nitrogens is 2. The van der Waals surface area contributed by atoms with Gasteiger partial charge in [-0.2, -0.15) is 18.4 Å². The average Bonchev–Trinajstić information content (AvgIpc) is 3.22. The number of carbonyl (C=O) groups excluding carboxylic acids is 1. The number of nitriles is 1. The number of halogens is 6. The molecule has 2 aromatic carbocycles.